The highest BCUT2D eigenvalue weighted by molar-refractivity contribution is 7.09. The van der Waals surface area contributed by atoms with Gasteiger partial charge in [0.1, 0.15) is 5.01 Å². The first-order chi connectivity index (χ1) is 9.19. The van der Waals surface area contributed by atoms with Gasteiger partial charge in [-0.2, -0.15) is 0 Å². The van der Waals surface area contributed by atoms with E-state index in [1.807, 2.05) is 0 Å². The number of hydrogen-bond acceptors (Lipinski definition) is 3. The molecule has 1 saturated carbocycles. The van der Waals surface area contributed by atoms with Gasteiger partial charge in [0.25, 0.3) is 0 Å². The molecule has 0 radical (unpaired) electrons. The average Bonchev–Trinajstić information content (AvgIpc) is 3.08. The van der Waals surface area contributed by atoms with Crippen molar-refractivity contribution in [2.24, 2.45) is 10.9 Å². The van der Waals surface area contributed by atoms with Gasteiger partial charge in [0.15, 0.2) is 5.96 Å². The molecule has 2 N–H and O–H groups in total. The summed E-state index contributed by atoms with van der Waals surface area (Å²) < 4.78 is 0. The third-order valence-corrected chi connectivity index (χ3v) is 3.98. The number of hydrogen-bond donors (Lipinski definition) is 2. The van der Waals surface area contributed by atoms with Crippen LogP contribution in [0.1, 0.15) is 50.2 Å². The van der Waals surface area contributed by atoms with Gasteiger partial charge in [-0.15, -0.1) is 11.3 Å². The lowest BCUT2D eigenvalue weighted by Crippen LogP contribution is -2.38. The number of nitrogens with one attached hydrogen (secondary N) is 2. The zero-order valence-corrected chi connectivity index (χ0v) is 12.9. The van der Waals surface area contributed by atoms with Crippen LogP contribution in [0.4, 0.5) is 0 Å². The van der Waals surface area contributed by atoms with Crippen molar-refractivity contribution >= 4 is 17.3 Å². The molecule has 0 unspecified atom stereocenters. The van der Waals surface area contributed by atoms with Crippen molar-refractivity contribution in [2.45, 2.75) is 46.1 Å². The summed E-state index contributed by atoms with van der Waals surface area (Å²) in [6.45, 7) is 9.03. The van der Waals surface area contributed by atoms with Crippen LogP contribution in [0.15, 0.2) is 10.4 Å². The molecule has 1 heterocycles. The predicted molar refractivity (Wildman–Crippen MR) is 81.7 cm³/mol. The van der Waals surface area contributed by atoms with E-state index in [0.717, 1.165) is 30.0 Å². The zero-order valence-electron chi connectivity index (χ0n) is 12.1. The Morgan fingerprint density at radius 2 is 2.26 bits per heavy atom. The van der Waals surface area contributed by atoms with Gasteiger partial charge >= 0.3 is 0 Å². The summed E-state index contributed by atoms with van der Waals surface area (Å²) >= 11 is 1.70. The molecule has 2 rings (SSSR count). The fourth-order valence-electron chi connectivity index (χ4n) is 1.71. The third-order valence-electron chi connectivity index (χ3n) is 3.13. The molecule has 0 saturated heterocycles. The van der Waals surface area contributed by atoms with Crippen molar-refractivity contribution in [2.75, 3.05) is 13.1 Å². The maximum absolute atomic E-state index is 4.61. The molecule has 0 atom stereocenters. The molecule has 106 valence electrons. The van der Waals surface area contributed by atoms with Crippen LogP contribution in [0.2, 0.25) is 0 Å². The lowest BCUT2D eigenvalue weighted by molar-refractivity contribution is 0.738. The first-order valence-corrected chi connectivity index (χ1v) is 8.03. The standard InChI is InChI=1S/C14H24N4S/c1-4-15-14(16-7-11-5-6-11)17-8-13-18-12(9-19-13)10(2)3/h9-11H,4-8H2,1-3H3,(H2,15,16,17). The van der Waals surface area contributed by atoms with Crippen LogP contribution >= 0.6 is 11.3 Å². The minimum atomic E-state index is 0.496. The van der Waals surface area contributed by atoms with Gasteiger partial charge in [-0.05, 0) is 31.6 Å². The molecule has 1 aliphatic rings. The van der Waals surface area contributed by atoms with Crippen molar-refractivity contribution in [3.05, 3.63) is 16.1 Å². The SMILES string of the molecule is CCNC(=NCc1nc(C(C)C)cs1)NCC1CC1. The summed E-state index contributed by atoms with van der Waals surface area (Å²) in [6, 6.07) is 0. The molecule has 0 bridgehead atoms. The fourth-order valence-corrected chi connectivity index (χ4v) is 2.59. The summed E-state index contributed by atoms with van der Waals surface area (Å²) in [7, 11) is 0. The summed E-state index contributed by atoms with van der Waals surface area (Å²) in [6.07, 6.45) is 2.72. The lowest BCUT2D eigenvalue weighted by Gasteiger charge is -2.10. The molecule has 0 amide bonds. The summed E-state index contributed by atoms with van der Waals surface area (Å²) in [5, 5.41) is 9.91. The Morgan fingerprint density at radius 1 is 1.47 bits per heavy atom. The molecule has 19 heavy (non-hydrogen) atoms. The van der Waals surface area contributed by atoms with Crippen molar-refractivity contribution in [3.63, 3.8) is 0 Å². The minimum absolute atomic E-state index is 0.496. The van der Waals surface area contributed by atoms with Gasteiger partial charge in [0.05, 0.1) is 12.2 Å². The monoisotopic (exact) mass is 280 g/mol. The second kappa shape index (κ2) is 6.89. The fraction of sp³-hybridized carbons (Fsp3) is 0.714. The Morgan fingerprint density at radius 3 is 2.84 bits per heavy atom. The quantitative estimate of drug-likeness (QED) is 0.622. The van der Waals surface area contributed by atoms with Crippen LogP contribution in [0.5, 0.6) is 0 Å². The van der Waals surface area contributed by atoms with Crippen LogP contribution in [0.25, 0.3) is 0 Å². The van der Waals surface area contributed by atoms with Gasteiger partial charge in [-0.1, -0.05) is 13.8 Å². The number of nitrogens with zero attached hydrogens (tertiary/aromatic N) is 2. The lowest BCUT2D eigenvalue weighted by atomic mass is 10.2. The second-order valence-electron chi connectivity index (χ2n) is 5.34. The smallest absolute Gasteiger partial charge is 0.191 e. The largest absolute Gasteiger partial charge is 0.357 e. The van der Waals surface area contributed by atoms with Crippen LogP contribution < -0.4 is 10.6 Å². The van der Waals surface area contributed by atoms with E-state index in [-0.39, 0.29) is 0 Å². The van der Waals surface area contributed by atoms with E-state index in [1.165, 1.54) is 18.5 Å². The Balaban J connectivity index is 1.87. The molecule has 1 aromatic heterocycles. The molecular formula is C14H24N4S. The topological polar surface area (TPSA) is 49.3 Å². The molecule has 1 fully saturated rings. The first-order valence-electron chi connectivity index (χ1n) is 7.15. The van der Waals surface area contributed by atoms with Crippen molar-refractivity contribution < 1.29 is 0 Å². The molecule has 0 aliphatic heterocycles. The van der Waals surface area contributed by atoms with E-state index in [0.29, 0.717) is 12.5 Å². The van der Waals surface area contributed by atoms with Crippen molar-refractivity contribution in [3.8, 4) is 0 Å². The number of thiazole rings is 1. The number of aliphatic imine (C=N–C) groups is 1. The number of guanidine groups is 1. The van der Waals surface area contributed by atoms with Gasteiger partial charge in [0.2, 0.25) is 0 Å². The van der Waals surface area contributed by atoms with Gasteiger partial charge in [-0.25, -0.2) is 9.98 Å². The molecule has 1 aliphatic carbocycles. The maximum Gasteiger partial charge on any atom is 0.191 e. The number of rotatable bonds is 6. The van der Waals surface area contributed by atoms with Gasteiger partial charge < -0.3 is 10.6 Å². The number of aromatic nitrogens is 1. The van der Waals surface area contributed by atoms with E-state index in [4.69, 9.17) is 0 Å². The van der Waals surface area contributed by atoms with E-state index in [9.17, 15) is 0 Å². The van der Waals surface area contributed by atoms with E-state index in [2.05, 4.69) is 46.8 Å². The molecule has 1 aromatic rings. The third kappa shape index (κ3) is 4.82. The van der Waals surface area contributed by atoms with E-state index < -0.39 is 0 Å². The Labute approximate surface area is 119 Å². The highest BCUT2D eigenvalue weighted by Gasteiger charge is 2.21. The molecule has 0 aromatic carbocycles. The van der Waals surface area contributed by atoms with Crippen LogP contribution in [0.3, 0.4) is 0 Å². The van der Waals surface area contributed by atoms with Gasteiger partial charge in [0, 0.05) is 18.5 Å². The average molecular weight is 280 g/mol. The first kappa shape index (κ1) is 14.3. The zero-order chi connectivity index (χ0) is 13.7. The minimum Gasteiger partial charge on any atom is -0.357 e. The molecule has 0 spiro atoms. The Hall–Kier alpha value is -1.10. The summed E-state index contributed by atoms with van der Waals surface area (Å²) in [4.78, 5) is 9.20. The Kier molecular flexibility index (Phi) is 5.19. The summed E-state index contributed by atoms with van der Waals surface area (Å²) in [5.41, 5.74) is 1.17. The molecular weight excluding hydrogens is 256 g/mol. The van der Waals surface area contributed by atoms with E-state index >= 15 is 0 Å². The molecule has 5 heteroatoms. The van der Waals surface area contributed by atoms with Crippen LogP contribution in [0, 0.1) is 5.92 Å². The molecule has 4 nitrogen and oxygen atoms in total. The van der Waals surface area contributed by atoms with Crippen LogP contribution in [-0.4, -0.2) is 24.0 Å². The predicted octanol–water partition coefficient (Wildman–Crippen LogP) is 2.73. The highest BCUT2D eigenvalue weighted by atomic mass is 32.1. The maximum atomic E-state index is 4.61. The van der Waals surface area contributed by atoms with Crippen molar-refractivity contribution in [1.82, 2.24) is 15.6 Å². The second-order valence-corrected chi connectivity index (χ2v) is 6.28. The Bertz CT molecular complexity index is 421. The van der Waals surface area contributed by atoms with Crippen molar-refractivity contribution in [1.29, 1.82) is 0 Å². The van der Waals surface area contributed by atoms with E-state index in [1.54, 1.807) is 11.3 Å². The normalized spacial score (nSPS) is 15.9. The van der Waals surface area contributed by atoms with Crippen LogP contribution in [-0.2, 0) is 6.54 Å². The highest BCUT2D eigenvalue weighted by Crippen LogP contribution is 2.27. The van der Waals surface area contributed by atoms with Gasteiger partial charge in [-0.3, -0.25) is 0 Å². The summed E-state index contributed by atoms with van der Waals surface area (Å²) in [5.74, 6) is 2.27.